The highest BCUT2D eigenvalue weighted by atomic mass is 32.2. The SMILES string of the molecule is CSc1cccc(-c2ccc(O[C@H]3OC(CCP(=O)(O)O)[C@@H](O)CC3O)cc2)c1. The number of aliphatic hydroxyl groups is 2. The van der Waals surface area contributed by atoms with Crippen molar-refractivity contribution in [2.24, 2.45) is 0 Å². The molecule has 29 heavy (non-hydrogen) atoms. The summed E-state index contributed by atoms with van der Waals surface area (Å²) in [5.74, 6) is 0.490. The Balaban J connectivity index is 1.65. The van der Waals surface area contributed by atoms with E-state index in [1.165, 1.54) is 4.90 Å². The van der Waals surface area contributed by atoms with Crippen molar-refractivity contribution < 1.29 is 34.0 Å². The van der Waals surface area contributed by atoms with Crippen LogP contribution in [0.15, 0.2) is 53.4 Å². The monoisotopic (exact) mass is 440 g/mol. The maximum absolute atomic E-state index is 11.1. The molecule has 1 saturated heterocycles. The Labute approximate surface area is 173 Å². The third-order valence-electron chi connectivity index (χ3n) is 4.75. The highest BCUT2D eigenvalue weighted by molar-refractivity contribution is 7.98. The number of thioether (sulfide) groups is 1. The average molecular weight is 440 g/mol. The summed E-state index contributed by atoms with van der Waals surface area (Å²) in [5, 5.41) is 20.2. The van der Waals surface area contributed by atoms with Crippen LogP contribution in [0.4, 0.5) is 0 Å². The van der Waals surface area contributed by atoms with Gasteiger partial charge in [0.15, 0.2) is 0 Å². The second-order valence-corrected chi connectivity index (χ2v) is 9.62. The summed E-state index contributed by atoms with van der Waals surface area (Å²) < 4.78 is 22.4. The molecule has 0 amide bonds. The predicted molar refractivity (Wildman–Crippen MR) is 111 cm³/mol. The fourth-order valence-corrected chi connectivity index (χ4v) is 4.24. The molecular weight excluding hydrogens is 415 g/mol. The van der Waals surface area contributed by atoms with Gasteiger partial charge in [0.25, 0.3) is 0 Å². The fourth-order valence-electron chi connectivity index (χ4n) is 3.19. The number of hydrogen-bond donors (Lipinski definition) is 4. The van der Waals surface area contributed by atoms with Crippen molar-refractivity contribution in [3.63, 3.8) is 0 Å². The Morgan fingerprint density at radius 3 is 2.48 bits per heavy atom. The van der Waals surface area contributed by atoms with Crippen LogP contribution in [0.25, 0.3) is 11.1 Å². The first-order chi connectivity index (χ1) is 13.7. The van der Waals surface area contributed by atoms with Gasteiger partial charge in [0.05, 0.1) is 18.4 Å². The second kappa shape index (κ2) is 9.62. The van der Waals surface area contributed by atoms with Gasteiger partial charge in [-0.05, 0) is 48.1 Å². The molecular formula is C20H25O7PS. The van der Waals surface area contributed by atoms with Crippen LogP contribution in [0.3, 0.4) is 0 Å². The minimum absolute atomic E-state index is 0.00997. The Bertz CT molecular complexity index is 854. The standard InChI is InChI=1S/C20H25O7PS/c1-29-16-4-2-3-14(11-16)13-5-7-15(8-6-13)26-20-18(22)12-17(21)19(27-20)9-10-28(23,24)25/h2-8,11,17-22H,9-10,12H2,1H3,(H2,23,24,25)/t17-,18?,19?,20-/m0/s1. The molecule has 2 aromatic rings. The van der Waals surface area contributed by atoms with Crippen molar-refractivity contribution in [1.29, 1.82) is 0 Å². The molecule has 1 fully saturated rings. The van der Waals surface area contributed by atoms with E-state index >= 15 is 0 Å². The Hall–Kier alpha value is -1.38. The minimum Gasteiger partial charge on any atom is -0.462 e. The van der Waals surface area contributed by atoms with E-state index in [0.29, 0.717) is 5.75 Å². The first-order valence-electron chi connectivity index (χ1n) is 9.22. The Morgan fingerprint density at radius 1 is 1.10 bits per heavy atom. The summed E-state index contributed by atoms with van der Waals surface area (Å²) in [5.41, 5.74) is 2.10. The molecule has 3 rings (SSSR count). The topological polar surface area (TPSA) is 116 Å². The van der Waals surface area contributed by atoms with Crippen LogP contribution in [0.5, 0.6) is 5.75 Å². The summed E-state index contributed by atoms with van der Waals surface area (Å²) in [4.78, 5) is 19.2. The van der Waals surface area contributed by atoms with Crippen molar-refractivity contribution in [1.82, 2.24) is 0 Å². The van der Waals surface area contributed by atoms with Crippen LogP contribution in [0, 0.1) is 0 Å². The van der Waals surface area contributed by atoms with Crippen LogP contribution in [-0.4, -0.2) is 57.0 Å². The van der Waals surface area contributed by atoms with E-state index in [0.717, 1.165) is 11.1 Å². The molecule has 0 aliphatic carbocycles. The number of rotatable bonds is 7. The molecule has 0 aromatic heterocycles. The largest absolute Gasteiger partial charge is 0.462 e. The van der Waals surface area contributed by atoms with Gasteiger partial charge in [0.1, 0.15) is 11.9 Å². The van der Waals surface area contributed by atoms with Crippen molar-refractivity contribution in [3.8, 4) is 16.9 Å². The van der Waals surface area contributed by atoms with Gasteiger partial charge in [-0.1, -0.05) is 24.3 Å². The molecule has 9 heteroatoms. The van der Waals surface area contributed by atoms with Crippen molar-refractivity contribution >= 4 is 19.4 Å². The fraction of sp³-hybridized carbons (Fsp3) is 0.400. The van der Waals surface area contributed by atoms with Crippen LogP contribution < -0.4 is 4.74 Å². The van der Waals surface area contributed by atoms with Crippen molar-refractivity contribution in [3.05, 3.63) is 48.5 Å². The van der Waals surface area contributed by atoms with Crippen LogP contribution in [-0.2, 0) is 9.30 Å². The van der Waals surface area contributed by atoms with Gasteiger partial charge in [0, 0.05) is 11.3 Å². The molecule has 0 spiro atoms. The molecule has 1 aliphatic heterocycles. The van der Waals surface area contributed by atoms with Crippen LogP contribution >= 0.6 is 19.4 Å². The minimum atomic E-state index is -4.20. The summed E-state index contributed by atoms with van der Waals surface area (Å²) >= 11 is 1.67. The van der Waals surface area contributed by atoms with E-state index in [-0.39, 0.29) is 12.8 Å². The van der Waals surface area contributed by atoms with Crippen molar-refractivity contribution in [2.45, 2.75) is 42.3 Å². The summed E-state index contributed by atoms with van der Waals surface area (Å²) in [7, 11) is -4.20. The number of hydrogen-bond acceptors (Lipinski definition) is 6. The lowest BCUT2D eigenvalue weighted by Gasteiger charge is -2.37. The second-order valence-electron chi connectivity index (χ2n) is 6.96. The summed E-state index contributed by atoms with van der Waals surface area (Å²) in [6.07, 6.45) is -2.29. The quantitative estimate of drug-likeness (QED) is 0.384. The van der Waals surface area contributed by atoms with Gasteiger partial charge < -0.3 is 29.5 Å². The van der Waals surface area contributed by atoms with E-state index in [9.17, 15) is 14.8 Å². The summed E-state index contributed by atoms with van der Waals surface area (Å²) in [6, 6.07) is 15.5. The molecule has 1 heterocycles. The lowest BCUT2D eigenvalue weighted by molar-refractivity contribution is -0.233. The van der Waals surface area contributed by atoms with E-state index in [1.54, 1.807) is 23.9 Å². The van der Waals surface area contributed by atoms with Crippen LogP contribution in [0.1, 0.15) is 12.8 Å². The first kappa shape index (κ1) is 22.3. The molecule has 158 valence electrons. The predicted octanol–water partition coefficient (Wildman–Crippen LogP) is 2.86. The zero-order valence-corrected chi connectivity index (χ0v) is 17.6. The molecule has 0 saturated carbocycles. The lowest BCUT2D eigenvalue weighted by atomic mass is 10.0. The van der Waals surface area contributed by atoms with Crippen LogP contribution in [0.2, 0.25) is 0 Å². The number of aliphatic hydroxyl groups excluding tert-OH is 2. The summed E-state index contributed by atoms with van der Waals surface area (Å²) in [6.45, 7) is 0. The molecule has 0 radical (unpaired) electrons. The van der Waals surface area contributed by atoms with E-state index in [1.807, 2.05) is 36.6 Å². The third-order valence-corrected chi connectivity index (χ3v) is 6.32. The highest BCUT2D eigenvalue weighted by Gasteiger charge is 2.38. The first-order valence-corrected chi connectivity index (χ1v) is 12.2. The van der Waals surface area contributed by atoms with E-state index in [4.69, 9.17) is 19.3 Å². The van der Waals surface area contributed by atoms with Crippen molar-refractivity contribution in [2.75, 3.05) is 12.4 Å². The smallest absolute Gasteiger partial charge is 0.325 e. The molecule has 7 nitrogen and oxygen atoms in total. The molecule has 2 aromatic carbocycles. The molecule has 0 bridgehead atoms. The number of benzene rings is 2. The van der Waals surface area contributed by atoms with Gasteiger partial charge in [-0.15, -0.1) is 11.8 Å². The van der Waals surface area contributed by atoms with Gasteiger partial charge in [-0.2, -0.15) is 0 Å². The maximum atomic E-state index is 11.1. The molecule has 4 N–H and O–H groups in total. The van der Waals surface area contributed by atoms with Gasteiger partial charge in [0.2, 0.25) is 6.29 Å². The average Bonchev–Trinajstić information content (AvgIpc) is 2.69. The highest BCUT2D eigenvalue weighted by Crippen LogP contribution is 2.37. The normalized spacial score (nSPS) is 25.0. The zero-order valence-electron chi connectivity index (χ0n) is 15.9. The molecule has 2 unspecified atom stereocenters. The van der Waals surface area contributed by atoms with E-state index in [2.05, 4.69) is 6.07 Å². The van der Waals surface area contributed by atoms with E-state index < -0.39 is 38.4 Å². The lowest BCUT2D eigenvalue weighted by Crippen LogP contribution is -2.49. The van der Waals surface area contributed by atoms with Gasteiger partial charge in [-0.25, -0.2) is 0 Å². The number of ether oxygens (including phenoxy) is 2. The maximum Gasteiger partial charge on any atom is 0.325 e. The Kier molecular flexibility index (Phi) is 7.40. The Morgan fingerprint density at radius 2 is 1.83 bits per heavy atom. The zero-order chi connectivity index (χ0) is 21.0. The van der Waals surface area contributed by atoms with Gasteiger partial charge >= 0.3 is 7.60 Å². The van der Waals surface area contributed by atoms with Gasteiger partial charge in [-0.3, -0.25) is 4.57 Å². The molecule has 1 aliphatic rings. The third kappa shape index (κ3) is 6.30. The molecule has 4 atom stereocenters.